The van der Waals surface area contributed by atoms with Gasteiger partial charge >= 0.3 is 6.03 Å². The van der Waals surface area contributed by atoms with Crippen LogP contribution in [0, 0.1) is 19.7 Å². The van der Waals surface area contributed by atoms with E-state index in [4.69, 9.17) is 4.42 Å². The normalized spacial score (nSPS) is 13.5. The zero-order valence-corrected chi connectivity index (χ0v) is 12.7. The Morgan fingerprint density at radius 2 is 2.05 bits per heavy atom. The zero-order chi connectivity index (χ0) is 16.3. The van der Waals surface area contributed by atoms with Crippen molar-refractivity contribution in [3.8, 4) is 0 Å². The number of carbonyl (C=O) groups is 1. The summed E-state index contributed by atoms with van der Waals surface area (Å²) in [5, 5.41) is 15.4. The predicted molar refractivity (Wildman–Crippen MR) is 81.2 cm³/mol. The molecule has 1 heterocycles. The number of hydrogen-bond donors (Lipinski definition) is 3. The van der Waals surface area contributed by atoms with Crippen LogP contribution in [0.4, 0.5) is 14.9 Å². The van der Waals surface area contributed by atoms with Gasteiger partial charge in [0, 0.05) is 5.69 Å². The Kier molecular flexibility index (Phi) is 4.51. The maximum Gasteiger partial charge on any atom is 0.319 e. The fourth-order valence-corrected chi connectivity index (χ4v) is 1.96. The van der Waals surface area contributed by atoms with Gasteiger partial charge in [-0.15, -0.1) is 0 Å². The Labute approximate surface area is 128 Å². The van der Waals surface area contributed by atoms with E-state index in [-0.39, 0.29) is 6.54 Å². The fraction of sp³-hybridized carbons (Fsp3) is 0.312. The minimum atomic E-state index is -1.33. The Balaban J connectivity index is 1.96. The van der Waals surface area contributed by atoms with E-state index in [1.165, 1.54) is 12.1 Å². The van der Waals surface area contributed by atoms with Gasteiger partial charge in [-0.05, 0) is 50.6 Å². The number of amides is 2. The molecule has 0 spiro atoms. The maximum absolute atomic E-state index is 13.2. The first-order chi connectivity index (χ1) is 10.3. The van der Waals surface area contributed by atoms with Crippen molar-refractivity contribution in [2.75, 3.05) is 11.9 Å². The third kappa shape index (κ3) is 3.85. The molecule has 1 aromatic heterocycles. The van der Waals surface area contributed by atoms with Crippen LogP contribution < -0.4 is 10.6 Å². The largest absolute Gasteiger partial charge is 0.463 e. The van der Waals surface area contributed by atoms with Crippen molar-refractivity contribution in [3.63, 3.8) is 0 Å². The Morgan fingerprint density at radius 1 is 1.32 bits per heavy atom. The number of nitrogens with one attached hydrogen (secondary N) is 2. The number of furan rings is 1. The lowest BCUT2D eigenvalue weighted by atomic mass is 10.0. The molecule has 6 heteroatoms. The molecule has 0 saturated heterocycles. The molecule has 1 atom stereocenters. The molecule has 1 aromatic carbocycles. The van der Waals surface area contributed by atoms with E-state index in [0.717, 1.165) is 5.56 Å². The molecular weight excluding hydrogens is 287 g/mol. The monoisotopic (exact) mass is 306 g/mol. The summed E-state index contributed by atoms with van der Waals surface area (Å²) in [7, 11) is 0. The van der Waals surface area contributed by atoms with E-state index in [1.54, 1.807) is 39.0 Å². The zero-order valence-electron chi connectivity index (χ0n) is 12.7. The molecule has 22 heavy (non-hydrogen) atoms. The van der Waals surface area contributed by atoms with Gasteiger partial charge in [-0.2, -0.15) is 0 Å². The first-order valence-electron chi connectivity index (χ1n) is 6.88. The smallest absolute Gasteiger partial charge is 0.319 e. The molecule has 0 aliphatic heterocycles. The number of aliphatic hydroxyl groups is 1. The minimum absolute atomic E-state index is 0.0415. The van der Waals surface area contributed by atoms with E-state index < -0.39 is 17.4 Å². The number of benzene rings is 1. The molecular formula is C16H19FN2O3. The number of carbonyl (C=O) groups excluding carboxylic acids is 1. The minimum Gasteiger partial charge on any atom is -0.463 e. The summed E-state index contributed by atoms with van der Waals surface area (Å²) in [6.07, 6.45) is 0. The number of halogens is 1. The second kappa shape index (κ2) is 6.19. The summed E-state index contributed by atoms with van der Waals surface area (Å²) in [5.41, 5.74) is -0.210. The molecule has 0 aliphatic rings. The van der Waals surface area contributed by atoms with Gasteiger partial charge in [-0.3, -0.25) is 0 Å². The summed E-state index contributed by atoms with van der Waals surface area (Å²) < 4.78 is 18.5. The van der Waals surface area contributed by atoms with Crippen molar-refractivity contribution in [2.45, 2.75) is 26.4 Å². The highest BCUT2D eigenvalue weighted by molar-refractivity contribution is 5.90. The van der Waals surface area contributed by atoms with Gasteiger partial charge in [0.05, 0.1) is 6.54 Å². The van der Waals surface area contributed by atoms with Crippen LogP contribution in [0.1, 0.15) is 24.0 Å². The summed E-state index contributed by atoms with van der Waals surface area (Å²) in [6.45, 7) is 5.03. The Morgan fingerprint density at radius 3 is 2.68 bits per heavy atom. The first kappa shape index (κ1) is 16.0. The lowest BCUT2D eigenvalue weighted by Gasteiger charge is -2.21. The lowest BCUT2D eigenvalue weighted by Crippen LogP contribution is -2.40. The molecule has 118 valence electrons. The molecule has 5 nitrogen and oxygen atoms in total. The van der Waals surface area contributed by atoms with E-state index >= 15 is 0 Å². The van der Waals surface area contributed by atoms with Gasteiger partial charge in [-0.1, -0.05) is 6.07 Å². The third-order valence-electron chi connectivity index (χ3n) is 3.31. The van der Waals surface area contributed by atoms with Crippen molar-refractivity contribution in [1.29, 1.82) is 0 Å². The third-order valence-corrected chi connectivity index (χ3v) is 3.31. The number of rotatable bonds is 4. The van der Waals surface area contributed by atoms with Crippen molar-refractivity contribution in [3.05, 3.63) is 53.2 Å². The average molecular weight is 306 g/mol. The average Bonchev–Trinajstić information content (AvgIpc) is 2.88. The molecule has 2 rings (SSSR count). The second-order valence-corrected chi connectivity index (χ2v) is 5.45. The quantitative estimate of drug-likeness (QED) is 0.812. The standard InChI is InChI=1S/C16H19FN2O3/c1-10-4-6-12(17)8-13(10)19-15(20)18-9-16(3,21)14-7-5-11(2)22-14/h4-8,21H,9H2,1-3H3,(H2,18,19,20). The number of urea groups is 1. The molecule has 0 fully saturated rings. The molecule has 0 bridgehead atoms. The highest BCUT2D eigenvalue weighted by atomic mass is 19.1. The number of anilines is 1. The SMILES string of the molecule is Cc1ccc(C(C)(O)CNC(=O)Nc2cc(F)ccc2C)o1. The van der Waals surface area contributed by atoms with Crippen molar-refractivity contribution < 1.29 is 18.7 Å². The molecule has 1 unspecified atom stereocenters. The van der Waals surface area contributed by atoms with Crippen LogP contribution >= 0.6 is 0 Å². The number of aryl methyl sites for hydroxylation is 2. The molecule has 0 radical (unpaired) electrons. The van der Waals surface area contributed by atoms with Crippen molar-refractivity contribution in [1.82, 2.24) is 5.32 Å². The van der Waals surface area contributed by atoms with Crippen LogP contribution in [0.5, 0.6) is 0 Å². The summed E-state index contributed by atoms with van der Waals surface area (Å²) >= 11 is 0. The molecule has 0 saturated carbocycles. The Bertz CT molecular complexity index is 680. The molecule has 3 N–H and O–H groups in total. The van der Waals surface area contributed by atoms with Crippen LogP contribution in [0.15, 0.2) is 34.7 Å². The topological polar surface area (TPSA) is 74.5 Å². The van der Waals surface area contributed by atoms with E-state index in [1.807, 2.05) is 0 Å². The fourth-order valence-electron chi connectivity index (χ4n) is 1.96. The van der Waals surface area contributed by atoms with Gasteiger partial charge in [-0.25, -0.2) is 9.18 Å². The summed E-state index contributed by atoms with van der Waals surface area (Å²) in [6, 6.07) is 7.00. The van der Waals surface area contributed by atoms with E-state index in [2.05, 4.69) is 10.6 Å². The number of hydrogen-bond acceptors (Lipinski definition) is 3. The van der Waals surface area contributed by atoms with Crippen LogP contribution in [0.3, 0.4) is 0 Å². The van der Waals surface area contributed by atoms with Gasteiger partial charge in [0.2, 0.25) is 0 Å². The van der Waals surface area contributed by atoms with Crippen LogP contribution in [-0.2, 0) is 5.60 Å². The molecule has 2 aromatic rings. The van der Waals surface area contributed by atoms with Crippen molar-refractivity contribution in [2.24, 2.45) is 0 Å². The predicted octanol–water partition coefficient (Wildman–Crippen LogP) is 3.06. The van der Waals surface area contributed by atoms with E-state index in [0.29, 0.717) is 17.2 Å². The van der Waals surface area contributed by atoms with Crippen LogP contribution in [0.25, 0.3) is 0 Å². The molecule has 2 amide bonds. The lowest BCUT2D eigenvalue weighted by molar-refractivity contribution is 0.0364. The van der Waals surface area contributed by atoms with E-state index in [9.17, 15) is 14.3 Å². The van der Waals surface area contributed by atoms with Gasteiger partial charge in [0.15, 0.2) is 0 Å². The summed E-state index contributed by atoms with van der Waals surface area (Å²) in [5.74, 6) is 0.612. The highest BCUT2D eigenvalue weighted by Gasteiger charge is 2.27. The van der Waals surface area contributed by atoms with Crippen molar-refractivity contribution >= 4 is 11.7 Å². The highest BCUT2D eigenvalue weighted by Crippen LogP contribution is 2.22. The van der Waals surface area contributed by atoms with Crippen LogP contribution in [-0.4, -0.2) is 17.7 Å². The maximum atomic E-state index is 13.2. The van der Waals surface area contributed by atoms with Gasteiger partial charge in [0.1, 0.15) is 22.9 Å². The van der Waals surface area contributed by atoms with Crippen LogP contribution in [0.2, 0.25) is 0 Å². The molecule has 0 aliphatic carbocycles. The van der Waals surface area contributed by atoms with Gasteiger partial charge < -0.3 is 20.2 Å². The van der Waals surface area contributed by atoms with Gasteiger partial charge in [0.25, 0.3) is 0 Å². The second-order valence-electron chi connectivity index (χ2n) is 5.45. The summed E-state index contributed by atoms with van der Waals surface area (Å²) in [4.78, 5) is 11.9. The first-order valence-corrected chi connectivity index (χ1v) is 6.88. The Hall–Kier alpha value is -2.34.